The van der Waals surface area contributed by atoms with E-state index in [1.807, 2.05) is 0 Å². The molecule has 0 saturated heterocycles. The van der Waals surface area contributed by atoms with Crippen LogP contribution in [0, 0.1) is 0 Å². The summed E-state index contributed by atoms with van der Waals surface area (Å²) in [7, 11) is -1.42. The van der Waals surface area contributed by atoms with E-state index in [1.165, 1.54) is 14.0 Å². The van der Waals surface area contributed by atoms with Gasteiger partial charge in [-0.25, -0.2) is 0 Å². The highest BCUT2D eigenvalue weighted by molar-refractivity contribution is 7.58. The van der Waals surface area contributed by atoms with Crippen LogP contribution in [0.25, 0.3) is 0 Å². The maximum Gasteiger partial charge on any atom is 0.247 e. The molecule has 2 N–H and O–H groups in total. The summed E-state index contributed by atoms with van der Waals surface area (Å²) in [6, 6.07) is 0. The Kier molecular flexibility index (Phi) is 8.57. The third-order valence-corrected chi connectivity index (χ3v) is 3.18. The molecule has 0 rings (SSSR count). The van der Waals surface area contributed by atoms with Crippen LogP contribution in [0.15, 0.2) is 0 Å². The Balaban J connectivity index is 3.22. The largest absolute Gasteiger partial charge is 0.356 e. The fourth-order valence-electron chi connectivity index (χ4n) is 1.10. The number of hydrogen-bond donors (Lipinski definition) is 2. The van der Waals surface area contributed by atoms with Crippen molar-refractivity contribution in [2.24, 2.45) is 0 Å². The fraction of sp³-hybridized carbons (Fsp3) is 0.800. The van der Waals surface area contributed by atoms with Crippen LogP contribution in [0.2, 0.25) is 0 Å². The van der Waals surface area contributed by atoms with Crippen molar-refractivity contribution in [3.8, 4) is 0 Å². The summed E-state index contributed by atoms with van der Waals surface area (Å²) >= 11 is 0. The molecular weight excluding hydrogens is 229 g/mol. The molecule has 0 fully saturated rings. The summed E-state index contributed by atoms with van der Waals surface area (Å²) < 4.78 is 9.78. The molecule has 96 valence electrons. The molecule has 5 nitrogen and oxygen atoms in total. The first-order valence-corrected chi connectivity index (χ1v) is 7.15. The predicted octanol–water partition coefficient (Wildman–Crippen LogP) is 1.53. The van der Waals surface area contributed by atoms with Crippen LogP contribution >= 0.6 is 7.57 Å². The Morgan fingerprint density at radius 3 is 2.56 bits per heavy atom. The molecule has 16 heavy (non-hydrogen) atoms. The highest BCUT2D eigenvalue weighted by Crippen LogP contribution is 2.41. The van der Waals surface area contributed by atoms with Gasteiger partial charge in [0.1, 0.15) is 0 Å². The van der Waals surface area contributed by atoms with Crippen LogP contribution in [0.1, 0.15) is 32.6 Å². The van der Waals surface area contributed by atoms with E-state index in [0.29, 0.717) is 6.61 Å². The third-order valence-electron chi connectivity index (χ3n) is 2.02. The van der Waals surface area contributed by atoms with Crippen molar-refractivity contribution in [2.75, 3.05) is 20.3 Å². The molecule has 0 aromatic carbocycles. The topological polar surface area (TPSA) is 67.8 Å². The molecule has 0 radical (unpaired) electrons. The first-order chi connectivity index (χ1) is 7.48. The predicted molar refractivity (Wildman–Crippen MR) is 66.4 cm³/mol. The van der Waals surface area contributed by atoms with Gasteiger partial charge in [0.2, 0.25) is 13.5 Å². The van der Waals surface area contributed by atoms with Crippen molar-refractivity contribution in [1.29, 1.82) is 0 Å². The quantitative estimate of drug-likeness (QED) is 0.481. The molecule has 0 aromatic rings. The van der Waals surface area contributed by atoms with E-state index in [-0.39, 0.29) is 5.91 Å². The second-order valence-corrected chi connectivity index (χ2v) is 5.45. The standard InChI is InChI=1S/C10H22NO4P/c1-10(12)11-8-6-4-5-7-9-15-16(3,13)14-2/h13H,3-9H2,1-2H3,(H,11,12). The normalized spacial score (nSPS) is 14.4. The number of carbonyl (C=O) groups is 1. The van der Waals surface area contributed by atoms with E-state index >= 15 is 0 Å². The first-order valence-electron chi connectivity index (χ1n) is 5.39. The average Bonchev–Trinajstić information content (AvgIpc) is 2.21. The molecule has 1 atom stereocenters. The van der Waals surface area contributed by atoms with E-state index < -0.39 is 7.57 Å². The smallest absolute Gasteiger partial charge is 0.247 e. The highest BCUT2D eigenvalue weighted by atomic mass is 31.2. The number of rotatable bonds is 9. The van der Waals surface area contributed by atoms with Gasteiger partial charge in [0.05, 0.1) is 6.61 Å². The Morgan fingerprint density at radius 2 is 2.00 bits per heavy atom. The van der Waals surface area contributed by atoms with Gasteiger partial charge in [-0.3, -0.25) is 4.79 Å². The van der Waals surface area contributed by atoms with Gasteiger partial charge in [0.25, 0.3) is 0 Å². The van der Waals surface area contributed by atoms with Crippen LogP contribution in [0.3, 0.4) is 0 Å². The lowest BCUT2D eigenvalue weighted by molar-refractivity contribution is -0.118. The molecule has 0 saturated carbocycles. The first kappa shape index (κ1) is 15.7. The second-order valence-electron chi connectivity index (χ2n) is 3.55. The molecular formula is C10H22NO4P. The van der Waals surface area contributed by atoms with E-state index in [0.717, 1.165) is 32.2 Å². The second kappa shape index (κ2) is 8.76. The lowest BCUT2D eigenvalue weighted by Crippen LogP contribution is -2.20. The maximum absolute atomic E-state index is 10.5. The van der Waals surface area contributed by atoms with Gasteiger partial charge >= 0.3 is 0 Å². The summed E-state index contributed by atoms with van der Waals surface area (Å²) in [5.41, 5.74) is 0. The number of carbonyl (C=O) groups excluding carboxylic acids is 1. The van der Waals surface area contributed by atoms with Gasteiger partial charge in [0.15, 0.2) is 0 Å². The monoisotopic (exact) mass is 251 g/mol. The van der Waals surface area contributed by atoms with Gasteiger partial charge in [-0.1, -0.05) is 12.8 Å². The Hall–Kier alpha value is -0.350. The Bertz CT molecular complexity index is 245. The van der Waals surface area contributed by atoms with Gasteiger partial charge in [0, 0.05) is 20.6 Å². The summed E-state index contributed by atoms with van der Waals surface area (Å²) in [4.78, 5) is 19.9. The minimum Gasteiger partial charge on any atom is -0.356 e. The number of unbranched alkanes of at least 4 members (excludes halogenated alkanes) is 3. The Morgan fingerprint density at radius 1 is 1.38 bits per heavy atom. The van der Waals surface area contributed by atoms with Crippen LogP contribution in [0.5, 0.6) is 0 Å². The molecule has 0 heterocycles. The molecule has 0 bridgehead atoms. The number of nitrogens with one attached hydrogen (secondary N) is 1. The van der Waals surface area contributed by atoms with Crippen LogP contribution < -0.4 is 5.32 Å². The SMILES string of the molecule is C=P(O)(OC)OCCCCCCNC(C)=O. The zero-order chi connectivity index (χ0) is 12.4. The van der Waals surface area contributed by atoms with Crippen molar-refractivity contribution < 1.29 is 18.7 Å². The van der Waals surface area contributed by atoms with E-state index in [4.69, 9.17) is 9.05 Å². The minimum atomic E-state index is -2.80. The maximum atomic E-state index is 10.5. The van der Waals surface area contributed by atoms with Gasteiger partial charge in [-0.2, -0.15) is 0 Å². The van der Waals surface area contributed by atoms with E-state index in [9.17, 15) is 9.69 Å². The van der Waals surface area contributed by atoms with E-state index in [2.05, 4.69) is 11.6 Å². The van der Waals surface area contributed by atoms with Crippen LogP contribution in [-0.2, 0) is 13.8 Å². The molecule has 0 aliphatic rings. The summed E-state index contributed by atoms with van der Waals surface area (Å²) in [5.74, 6) is 0.00958. The molecule has 1 amide bonds. The molecule has 1 unspecified atom stereocenters. The molecule has 0 spiro atoms. The van der Waals surface area contributed by atoms with E-state index in [1.54, 1.807) is 0 Å². The lowest BCUT2D eigenvalue weighted by Gasteiger charge is -2.14. The number of hydrogen-bond acceptors (Lipinski definition) is 4. The van der Waals surface area contributed by atoms with Gasteiger partial charge in [-0.05, 0) is 19.1 Å². The van der Waals surface area contributed by atoms with Gasteiger partial charge in [-0.15, -0.1) is 0 Å². The molecule has 0 aliphatic heterocycles. The zero-order valence-electron chi connectivity index (χ0n) is 10.1. The summed E-state index contributed by atoms with van der Waals surface area (Å²) in [5, 5.41) is 2.74. The van der Waals surface area contributed by atoms with Crippen molar-refractivity contribution in [3.63, 3.8) is 0 Å². The highest BCUT2D eigenvalue weighted by Gasteiger charge is 2.07. The van der Waals surface area contributed by atoms with Crippen LogP contribution in [0.4, 0.5) is 0 Å². The molecule has 6 heteroatoms. The Labute approximate surface area is 97.4 Å². The molecule has 0 aromatic heterocycles. The average molecular weight is 251 g/mol. The minimum absolute atomic E-state index is 0.00958. The van der Waals surface area contributed by atoms with Gasteiger partial charge < -0.3 is 19.3 Å². The third kappa shape index (κ3) is 10.2. The van der Waals surface area contributed by atoms with Crippen molar-refractivity contribution in [1.82, 2.24) is 5.32 Å². The fourth-order valence-corrected chi connectivity index (χ4v) is 1.62. The summed E-state index contributed by atoms with van der Waals surface area (Å²) in [6.45, 7) is 2.69. The van der Waals surface area contributed by atoms with Crippen molar-refractivity contribution in [2.45, 2.75) is 32.6 Å². The van der Waals surface area contributed by atoms with Crippen molar-refractivity contribution >= 4 is 19.8 Å². The number of amides is 1. The zero-order valence-corrected chi connectivity index (χ0v) is 11.0. The van der Waals surface area contributed by atoms with Crippen LogP contribution in [-0.4, -0.2) is 37.4 Å². The molecule has 0 aliphatic carbocycles. The lowest BCUT2D eigenvalue weighted by atomic mass is 10.2. The van der Waals surface area contributed by atoms with Crippen molar-refractivity contribution in [3.05, 3.63) is 0 Å². The summed E-state index contributed by atoms with van der Waals surface area (Å²) in [6.07, 6.45) is 7.29.